The van der Waals surface area contributed by atoms with Crippen molar-refractivity contribution in [2.24, 2.45) is 0 Å². The number of thiazole rings is 1. The standard InChI is InChI=1S/C6H4BrNO3S/c7-6-8-3(2-12-6)1-4(9)5(10)11/h2H,1H2,(H,10,11). The SMILES string of the molecule is O=C(O)C(=O)Cc1csc(Br)n1. The van der Waals surface area contributed by atoms with Gasteiger partial charge in [0.15, 0.2) is 3.92 Å². The molecule has 0 saturated heterocycles. The van der Waals surface area contributed by atoms with Crippen LogP contribution in [0.5, 0.6) is 0 Å². The van der Waals surface area contributed by atoms with Crippen LogP contribution in [0.15, 0.2) is 9.30 Å². The molecule has 6 heteroatoms. The number of carbonyl (C=O) groups is 2. The van der Waals surface area contributed by atoms with Gasteiger partial charge in [0.05, 0.1) is 12.1 Å². The first-order chi connectivity index (χ1) is 5.59. The Morgan fingerprint density at radius 1 is 1.67 bits per heavy atom. The van der Waals surface area contributed by atoms with Gasteiger partial charge in [-0.25, -0.2) is 9.78 Å². The highest BCUT2D eigenvalue weighted by Crippen LogP contribution is 2.16. The van der Waals surface area contributed by atoms with Crippen molar-refractivity contribution in [1.82, 2.24) is 4.98 Å². The van der Waals surface area contributed by atoms with E-state index in [9.17, 15) is 9.59 Å². The lowest BCUT2D eigenvalue weighted by atomic mass is 10.2. The van der Waals surface area contributed by atoms with Gasteiger partial charge < -0.3 is 5.11 Å². The fourth-order valence-corrected chi connectivity index (χ4v) is 1.65. The molecule has 64 valence electrons. The van der Waals surface area contributed by atoms with Crippen molar-refractivity contribution in [2.45, 2.75) is 6.42 Å². The van der Waals surface area contributed by atoms with Crippen molar-refractivity contribution < 1.29 is 14.7 Å². The number of hydrogen-bond donors (Lipinski definition) is 1. The van der Waals surface area contributed by atoms with Crippen LogP contribution in [0.3, 0.4) is 0 Å². The zero-order valence-electron chi connectivity index (χ0n) is 5.78. The summed E-state index contributed by atoms with van der Waals surface area (Å²) in [6, 6.07) is 0. The number of ketones is 1. The largest absolute Gasteiger partial charge is 0.475 e. The lowest BCUT2D eigenvalue weighted by Crippen LogP contribution is -2.15. The van der Waals surface area contributed by atoms with E-state index >= 15 is 0 Å². The van der Waals surface area contributed by atoms with E-state index in [1.54, 1.807) is 5.38 Å². The third-order valence-corrected chi connectivity index (χ3v) is 2.52. The van der Waals surface area contributed by atoms with E-state index in [1.807, 2.05) is 0 Å². The topological polar surface area (TPSA) is 67.3 Å². The number of carboxylic acids is 1. The highest BCUT2D eigenvalue weighted by molar-refractivity contribution is 9.11. The monoisotopic (exact) mass is 249 g/mol. The lowest BCUT2D eigenvalue weighted by Gasteiger charge is -1.88. The van der Waals surface area contributed by atoms with E-state index in [1.165, 1.54) is 11.3 Å². The quantitative estimate of drug-likeness (QED) is 0.815. The van der Waals surface area contributed by atoms with Crippen LogP contribution < -0.4 is 0 Å². The zero-order chi connectivity index (χ0) is 9.14. The third-order valence-electron chi connectivity index (χ3n) is 1.10. The molecule has 0 aliphatic carbocycles. The highest BCUT2D eigenvalue weighted by atomic mass is 79.9. The predicted octanol–water partition coefficient (Wildman–Crippen LogP) is 1.10. The summed E-state index contributed by atoms with van der Waals surface area (Å²) in [6.07, 6.45) is -0.141. The molecule has 0 spiro atoms. The molecule has 12 heavy (non-hydrogen) atoms. The maximum atomic E-state index is 10.7. The van der Waals surface area contributed by atoms with Gasteiger partial charge in [0.25, 0.3) is 0 Å². The fraction of sp³-hybridized carbons (Fsp3) is 0.167. The minimum Gasteiger partial charge on any atom is -0.475 e. The molecule has 1 N–H and O–H groups in total. The summed E-state index contributed by atoms with van der Waals surface area (Å²) in [4.78, 5) is 24.7. The molecule has 0 amide bonds. The van der Waals surface area contributed by atoms with Gasteiger partial charge in [-0.3, -0.25) is 4.79 Å². The molecule has 0 atom stereocenters. The normalized spacial score (nSPS) is 9.75. The van der Waals surface area contributed by atoms with E-state index in [0.29, 0.717) is 9.61 Å². The number of carboxylic acid groups (broad SMARTS) is 1. The summed E-state index contributed by atoms with van der Waals surface area (Å²) >= 11 is 4.43. The molecule has 1 rings (SSSR count). The number of aliphatic carboxylic acids is 1. The number of halogens is 1. The Hall–Kier alpha value is -0.750. The van der Waals surface area contributed by atoms with Gasteiger partial charge in [0.1, 0.15) is 0 Å². The van der Waals surface area contributed by atoms with E-state index < -0.39 is 11.8 Å². The maximum absolute atomic E-state index is 10.7. The van der Waals surface area contributed by atoms with Gasteiger partial charge in [0, 0.05) is 5.38 Å². The second-order valence-corrected chi connectivity index (χ2v) is 4.13. The number of hydrogen-bond acceptors (Lipinski definition) is 4. The zero-order valence-corrected chi connectivity index (χ0v) is 8.18. The molecule has 0 aliphatic heterocycles. The van der Waals surface area contributed by atoms with Crippen molar-refractivity contribution in [2.75, 3.05) is 0 Å². The van der Waals surface area contributed by atoms with Gasteiger partial charge >= 0.3 is 5.97 Å². The fourth-order valence-electron chi connectivity index (χ4n) is 0.604. The van der Waals surface area contributed by atoms with Crippen molar-refractivity contribution in [3.8, 4) is 0 Å². The molecule has 1 aromatic heterocycles. The van der Waals surface area contributed by atoms with Crippen LogP contribution in [-0.2, 0) is 16.0 Å². The summed E-state index contributed by atoms with van der Waals surface area (Å²) in [5.74, 6) is -2.26. The van der Waals surface area contributed by atoms with Crippen LogP contribution in [0.25, 0.3) is 0 Å². The second kappa shape index (κ2) is 3.77. The van der Waals surface area contributed by atoms with Crippen LogP contribution in [-0.4, -0.2) is 21.8 Å². The lowest BCUT2D eigenvalue weighted by molar-refractivity contribution is -0.148. The summed E-state index contributed by atoms with van der Waals surface area (Å²) in [7, 11) is 0. The van der Waals surface area contributed by atoms with Crippen LogP contribution in [0, 0.1) is 0 Å². The molecule has 0 unspecified atom stereocenters. The molecule has 0 aliphatic rings. The number of Topliss-reactive ketones (excluding diaryl/α,β-unsaturated/α-hetero) is 1. The Labute approximate surface area is 80.4 Å². The van der Waals surface area contributed by atoms with Crippen LogP contribution in [0.4, 0.5) is 0 Å². The third kappa shape index (κ3) is 2.38. The number of rotatable bonds is 3. The molecule has 1 heterocycles. The average Bonchev–Trinajstić information content (AvgIpc) is 2.35. The molecular formula is C6H4BrNO3S. The first-order valence-electron chi connectivity index (χ1n) is 2.95. The van der Waals surface area contributed by atoms with Crippen molar-refractivity contribution in [1.29, 1.82) is 0 Å². The molecule has 0 fully saturated rings. The Morgan fingerprint density at radius 2 is 2.33 bits per heavy atom. The van der Waals surface area contributed by atoms with Gasteiger partial charge in [-0.1, -0.05) is 0 Å². The first-order valence-corrected chi connectivity index (χ1v) is 4.63. The number of nitrogens with zero attached hydrogens (tertiary/aromatic N) is 1. The molecule has 0 aromatic carbocycles. The first kappa shape index (κ1) is 9.34. The summed E-state index contributed by atoms with van der Waals surface area (Å²) in [5.41, 5.74) is 0.485. The van der Waals surface area contributed by atoms with Crippen molar-refractivity contribution >= 4 is 39.0 Å². The van der Waals surface area contributed by atoms with E-state index in [4.69, 9.17) is 5.11 Å². The van der Waals surface area contributed by atoms with Gasteiger partial charge in [-0.05, 0) is 15.9 Å². The molecular weight excluding hydrogens is 246 g/mol. The summed E-state index contributed by atoms with van der Waals surface area (Å²) < 4.78 is 0.649. The molecule has 0 radical (unpaired) electrons. The summed E-state index contributed by atoms with van der Waals surface area (Å²) in [6.45, 7) is 0. The molecule has 1 aromatic rings. The van der Waals surface area contributed by atoms with Gasteiger partial charge in [-0.2, -0.15) is 0 Å². The Kier molecular flexibility index (Phi) is 2.93. The second-order valence-electron chi connectivity index (χ2n) is 2.00. The minimum atomic E-state index is -1.42. The highest BCUT2D eigenvalue weighted by Gasteiger charge is 2.13. The van der Waals surface area contributed by atoms with Crippen LogP contribution in [0.2, 0.25) is 0 Å². The Balaban J connectivity index is 2.64. The smallest absolute Gasteiger partial charge is 0.372 e. The summed E-state index contributed by atoms with van der Waals surface area (Å²) in [5, 5.41) is 9.91. The number of carbonyl (C=O) groups excluding carboxylic acids is 1. The van der Waals surface area contributed by atoms with Crippen molar-refractivity contribution in [3.05, 3.63) is 15.0 Å². The molecule has 0 bridgehead atoms. The van der Waals surface area contributed by atoms with E-state index in [0.717, 1.165) is 0 Å². The predicted molar refractivity (Wildman–Crippen MR) is 46.2 cm³/mol. The van der Waals surface area contributed by atoms with E-state index in [2.05, 4.69) is 20.9 Å². The van der Waals surface area contributed by atoms with Gasteiger partial charge in [0.2, 0.25) is 5.78 Å². The molecule has 4 nitrogen and oxygen atoms in total. The van der Waals surface area contributed by atoms with Crippen molar-refractivity contribution in [3.63, 3.8) is 0 Å². The van der Waals surface area contributed by atoms with Crippen LogP contribution >= 0.6 is 27.3 Å². The minimum absolute atomic E-state index is 0.141. The Morgan fingerprint density at radius 3 is 2.75 bits per heavy atom. The van der Waals surface area contributed by atoms with Gasteiger partial charge in [-0.15, -0.1) is 11.3 Å². The Bertz CT molecular complexity index is 322. The number of aromatic nitrogens is 1. The van der Waals surface area contributed by atoms with E-state index in [-0.39, 0.29) is 6.42 Å². The average molecular weight is 250 g/mol. The molecule has 0 saturated carbocycles. The van der Waals surface area contributed by atoms with Crippen LogP contribution in [0.1, 0.15) is 5.69 Å². The maximum Gasteiger partial charge on any atom is 0.372 e.